The third-order valence-corrected chi connectivity index (χ3v) is 3.77. The Hall–Kier alpha value is -1.77. The molecule has 1 aromatic rings. The van der Waals surface area contributed by atoms with Crippen molar-refractivity contribution in [1.82, 2.24) is 5.32 Å². The van der Waals surface area contributed by atoms with Crippen LogP contribution in [0.5, 0.6) is 0 Å². The van der Waals surface area contributed by atoms with Crippen molar-refractivity contribution in [2.45, 2.75) is 52.0 Å². The summed E-state index contributed by atoms with van der Waals surface area (Å²) in [6, 6.07) is 6.24. The van der Waals surface area contributed by atoms with Crippen LogP contribution in [-0.4, -0.2) is 11.9 Å². The molecule has 0 aromatic heterocycles. The summed E-state index contributed by atoms with van der Waals surface area (Å²) < 4.78 is 0. The lowest BCUT2D eigenvalue weighted by atomic mass is 9.86. The van der Waals surface area contributed by atoms with Crippen molar-refractivity contribution in [1.29, 1.82) is 0 Å². The van der Waals surface area contributed by atoms with E-state index in [9.17, 15) is 4.79 Å². The lowest BCUT2D eigenvalue weighted by molar-refractivity contribution is -0.122. The van der Waals surface area contributed by atoms with Crippen LogP contribution in [0.3, 0.4) is 0 Å². The quantitative estimate of drug-likeness (QED) is 0.865. The highest BCUT2D eigenvalue weighted by atomic mass is 16.2. The van der Waals surface area contributed by atoms with Crippen molar-refractivity contribution >= 4 is 11.6 Å². The second kappa shape index (κ2) is 5.31. The lowest BCUT2D eigenvalue weighted by Crippen LogP contribution is -2.43. The lowest BCUT2D eigenvalue weighted by Gasteiger charge is -2.27. The first-order valence-electron chi connectivity index (χ1n) is 7.13. The molecule has 0 aliphatic carbocycles. The molecule has 2 N–H and O–H groups in total. The smallest absolute Gasteiger partial charge is 0.246 e. The summed E-state index contributed by atoms with van der Waals surface area (Å²) in [5.41, 5.74) is 4.47. The number of allylic oxidation sites excluding steroid dienone is 1. The number of piperidine rings is 1. The van der Waals surface area contributed by atoms with Crippen LogP contribution in [0.1, 0.15) is 44.7 Å². The zero-order valence-corrected chi connectivity index (χ0v) is 12.8. The van der Waals surface area contributed by atoms with E-state index in [2.05, 4.69) is 63.1 Å². The molecule has 3 heteroatoms. The number of carbonyl (C=O) groups excluding carboxylic acids is 1. The summed E-state index contributed by atoms with van der Waals surface area (Å²) in [5, 5.41) is 6.15. The van der Waals surface area contributed by atoms with Gasteiger partial charge in [-0.05, 0) is 42.4 Å². The maximum absolute atomic E-state index is 11.9. The molecule has 108 valence electrons. The fourth-order valence-electron chi connectivity index (χ4n) is 2.39. The summed E-state index contributed by atoms with van der Waals surface area (Å²) in [4.78, 5) is 11.9. The molecule has 1 aromatic carbocycles. The van der Waals surface area contributed by atoms with E-state index in [-0.39, 0.29) is 17.4 Å². The minimum atomic E-state index is -0.167. The molecule has 1 amide bonds. The van der Waals surface area contributed by atoms with E-state index in [1.165, 1.54) is 11.1 Å². The third-order valence-electron chi connectivity index (χ3n) is 3.77. The standard InChI is InChI=1S/C17H24N2O/c1-11-10-13(17(3,4)5)7-9-14(11)19-15-8-6-12(2)18-16(15)20/h7,9-10,15,19H,2,6,8H2,1,3-5H3,(H,18,20). The predicted octanol–water partition coefficient (Wildman–Crippen LogP) is 3.50. The minimum absolute atomic E-state index is 0.0144. The number of hydrogen-bond donors (Lipinski definition) is 2. The van der Waals surface area contributed by atoms with Crippen molar-refractivity contribution < 1.29 is 4.79 Å². The zero-order valence-electron chi connectivity index (χ0n) is 12.8. The van der Waals surface area contributed by atoms with E-state index in [1.807, 2.05) is 0 Å². The van der Waals surface area contributed by atoms with Crippen LogP contribution in [0.25, 0.3) is 0 Å². The number of aryl methyl sites for hydroxylation is 1. The van der Waals surface area contributed by atoms with Gasteiger partial charge in [0.2, 0.25) is 5.91 Å². The molecule has 0 radical (unpaired) electrons. The molecular formula is C17H24N2O. The molecule has 1 fully saturated rings. The van der Waals surface area contributed by atoms with Gasteiger partial charge < -0.3 is 10.6 Å². The second-order valence-corrected chi connectivity index (χ2v) is 6.61. The van der Waals surface area contributed by atoms with Crippen LogP contribution in [-0.2, 0) is 10.2 Å². The Bertz CT molecular complexity index is 540. The van der Waals surface area contributed by atoms with Crippen molar-refractivity contribution in [2.24, 2.45) is 0 Å². The van der Waals surface area contributed by atoms with Gasteiger partial charge in [0.25, 0.3) is 0 Å². The van der Waals surface area contributed by atoms with Gasteiger partial charge in [-0.25, -0.2) is 0 Å². The van der Waals surface area contributed by atoms with Crippen LogP contribution in [0.15, 0.2) is 30.5 Å². The number of benzene rings is 1. The van der Waals surface area contributed by atoms with Gasteiger partial charge in [-0.1, -0.05) is 39.5 Å². The molecule has 1 aliphatic rings. The summed E-state index contributed by atoms with van der Waals surface area (Å²) in [7, 11) is 0. The maximum Gasteiger partial charge on any atom is 0.246 e. The normalized spacial score (nSPS) is 19.7. The number of carbonyl (C=O) groups is 1. The molecule has 0 saturated carbocycles. The Morgan fingerprint density at radius 1 is 1.35 bits per heavy atom. The molecule has 1 unspecified atom stereocenters. The van der Waals surface area contributed by atoms with E-state index >= 15 is 0 Å². The molecule has 1 heterocycles. The maximum atomic E-state index is 11.9. The topological polar surface area (TPSA) is 41.1 Å². The van der Waals surface area contributed by atoms with Gasteiger partial charge in [0.15, 0.2) is 0 Å². The van der Waals surface area contributed by atoms with E-state index in [0.717, 1.165) is 24.2 Å². The Kier molecular flexibility index (Phi) is 3.89. The summed E-state index contributed by atoms with van der Waals surface area (Å²) in [6.07, 6.45) is 1.63. The highest BCUT2D eigenvalue weighted by Gasteiger charge is 2.24. The Morgan fingerprint density at radius 2 is 2.05 bits per heavy atom. The SMILES string of the molecule is C=C1CCC(Nc2ccc(C(C)(C)C)cc2C)C(=O)N1. The number of amides is 1. The third kappa shape index (κ3) is 3.21. The molecule has 0 bridgehead atoms. The summed E-state index contributed by atoms with van der Waals surface area (Å²) in [6.45, 7) is 12.5. The van der Waals surface area contributed by atoms with Crippen molar-refractivity contribution in [3.05, 3.63) is 41.6 Å². The second-order valence-electron chi connectivity index (χ2n) is 6.61. The van der Waals surface area contributed by atoms with Gasteiger partial charge >= 0.3 is 0 Å². The van der Waals surface area contributed by atoms with Gasteiger partial charge in [-0.2, -0.15) is 0 Å². The van der Waals surface area contributed by atoms with Crippen LogP contribution >= 0.6 is 0 Å². The number of nitrogens with one attached hydrogen (secondary N) is 2. The van der Waals surface area contributed by atoms with Gasteiger partial charge in [-0.15, -0.1) is 0 Å². The minimum Gasteiger partial charge on any atom is -0.373 e. The molecular weight excluding hydrogens is 248 g/mol. The fraction of sp³-hybridized carbons (Fsp3) is 0.471. The predicted molar refractivity (Wildman–Crippen MR) is 83.8 cm³/mol. The first-order chi connectivity index (χ1) is 9.27. The molecule has 1 atom stereocenters. The van der Waals surface area contributed by atoms with Gasteiger partial charge in [-0.3, -0.25) is 4.79 Å². The average molecular weight is 272 g/mol. The molecule has 1 aliphatic heterocycles. The van der Waals surface area contributed by atoms with Gasteiger partial charge in [0.1, 0.15) is 6.04 Å². The number of hydrogen-bond acceptors (Lipinski definition) is 2. The van der Waals surface area contributed by atoms with E-state index in [1.54, 1.807) is 0 Å². The Morgan fingerprint density at radius 3 is 2.60 bits per heavy atom. The van der Waals surface area contributed by atoms with E-state index in [4.69, 9.17) is 0 Å². The fourth-order valence-corrected chi connectivity index (χ4v) is 2.39. The summed E-state index contributed by atoms with van der Waals surface area (Å²) >= 11 is 0. The van der Waals surface area contributed by atoms with Crippen LogP contribution in [0.2, 0.25) is 0 Å². The van der Waals surface area contributed by atoms with E-state index < -0.39 is 0 Å². The van der Waals surface area contributed by atoms with Crippen LogP contribution in [0, 0.1) is 6.92 Å². The van der Waals surface area contributed by atoms with Crippen LogP contribution in [0.4, 0.5) is 5.69 Å². The molecule has 1 saturated heterocycles. The van der Waals surface area contributed by atoms with Gasteiger partial charge in [0, 0.05) is 11.4 Å². The number of anilines is 1. The largest absolute Gasteiger partial charge is 0.373 e. The highest BCUT2D eigenvalue weighted by Crippen LogP contribution is 2.27. The van der Waals surface area contributed by atoms with Crippen molar-refractivity contribution in [2.75, 3.05) is 5.32 Å². The van der Waals surface area contributed by atoms with Crippen LogP contribution < -0.4 is 10.6 Å². The van der Waals surface area contributed by atoms with Gasteiger partial charge in [0.05, 0.1) is 0 Å². The average Bonchev–Trinajstić information content (AvgIpc) is 2.33. The molecule has 2 rings (SSSR count). The molecule has 20 heavy (non-hydrogen) atoms. The Labute approximate surface area is 121 Å². The van der Waals surface area contributed by atoms with Crippen molar-refractivity contribution in [3.63, 3.8) is 0 Å². The Balaban J connectivity index is 2.14. The summed E-state index contributed by atoms with van der Waals surface area (Å²) in [5.74, 6) is 0.0144. The molecule has 0 spiro atoms. The first-order valence-corrected chi connectivity index (χ1v) is 7.13. The highest BCUT2D eigenvalue weighted by molar-refractivity contribution is 5.87. The monoisotopic (exact) mass is 272 g/mol. The number of rotatable bonds is 2. The molecule has 3 nitrogen and oxygen atoms in total. The first kappa shape index (κ1) is 14.6. The van der Waals surface area contributed by atoms with Crippen molar-refractivity contribution in [3.8, 4) is 0 Å². The van der Waals surface area contributed by atoms with E-state index in [0.29, 0.717) is 0 Å². The zero-order chi connectivity index (χ0) is 14.9.